The van der Waals surface area contributed by atoms with E-state index in [1.165, 1.54) is 6.08 Å². The van der Waals surface area contributed by atoms with E-state index in [9.17, 15) is 4.79 Å². The molecule has 0 atom stereocenters. The van der Waals surface area contributed by atoms with Gasteiger partial charge in [-0.1, -0.05) is 6.58 Å². The van der Waals surface area contributed by atoms with Gasteiger partial charge in [-0.25, -0.2) is 0 Å². The molecule has 19 heavy (non-hydrogen) atoms. The maximum absolute atomic E-state index is 11.1. The summed E-state index contributed by atoms with van der Waals surface area (Å²) in [6, 6.07) is 14.2. The van der Waals surface area contributed by atoms with Crippen LogP contribution >= 0.6 is 0 Å². The highest BCUT2D eigenvalue weighted by Gasteiger charge is 1.99. The third-order valence-electron chi connectivity index (χ3n) is 2.42. The van der Waals surface area contributed by atoms with E-state index in [2.05, 4.69) is 11.9 Å². The van der Waals surface area contributed by atoms with Crippen LogP contribution in [0, 0.1) is 0 Å². The molecule has 0 saturated carbocycles. The summed E-state index contributed by atoms with van der Waals surface area (Å²) in [7, 11) is 0. The van der Waals surface area contributed by atoms with E-state index in [4.69, 9.17) is 10.5 Å². The Hall–Kier alpha value is -2.75. The smallest absolute Gasteiger partial charge is 0.247 e. The first-order valence-corrected chi connectivity index (χ1v) is 5.74. The van der Waals surface area contributed by atoms with Crippen molar-refractivity contribution in [2.45, 2.75) is 0 Å². The molecule has 1 amide bonds. The van der Waals surface area contributed by atoms with Gasteiger partial charge in [0.15, 0.2) is 0 Å². The first-order chi connectivity index (χ1) is 9.17. The Labute approximate surface area is 111 Å². The molecule has 2 aromatic rings. The van der Waals surface area contributed by atoms with Crippen LogP contribution in [0.15, 0.2) is 61.2 Å². The van der Waals surface area contributed by atoms with Crippen molar-refractivity contribution in [1.29, 1.82) is 0 Å². The predicted molar refractivity (Wildman–Crippen MR) is 76.2 cm³/mol. The van der Waals surface area contributed by atoms with Crippen molar-refractivity contribution >= 4 is 17.3 Å². The molecule has 0 radical (unpaired) electrons. The molecule has 0 unspecified atom stereocenters. The molecule has 0 aliphatic carbocycles. The molecule has 0 heterocycles. The summed E-state index contributed by atoms with van der Waals surface area (Å²) in [4.78, 5) is 11.1. The zero-order valence-corrected chi connectivity index (χ0v) is 10.3. The lowest BCUT2D eigenvalue weighted by Gasteiger charge is -2.07. The lowest BCUT2D eigenvalue weighted by Crippen LogP contribution is -2.06. The van der Waals surface area contributed by atoms with Crippen LogP contribution in [0.5, 0.6) is 11.5 Å². The van der Waals surface area contributed by atoms with Crippen molar-refractivity contribution in [1.82, 2.24) is 0 Å². The van der Waals surface area contributed by atoms with Gasteiger partial charge in [-0.3, -0.25) is 4.79 Å². The molecule has 96 valence electrons. The van der Waals surface area contributed by atoms with Crippen LogP contribution in [0.4, 0.5) is 11.4 Å². The van der Waals surface area contributed by atoms with Crippen molar-refractivity contribution in [2.75, 3.05) is 11.1 Å². The minimum atomic E-state index is -0.243. The van der Waals surface area contributed by atoms with Crippen molar-refractivity contribution < 1.29 is 9.53 Å². The number of carbonyl (C=O) groups excluding carboxylic acids is 1. The van der Waals surface area contributed by atoms with Gasteiger partial charge in [0.05, 0.1) is 0 Å². The minimum absolute atomic E-state index is 0.243. The Kier molecular flexibility index (Phi) is 3.83. The van der Waals surface area contributed by atoms with E-state index >= 15 is 0 Å². The van der Waals surface area contributed by atoms with E-state index < -0.39 is 0 Å². The van der Waals surface area contributed by atoms with Gasteiger partial charge in [0.1, 0.15) is 11.5 Å². The van der Waals surface area contributed by atoms with E-state index in [1.807, 2.05) is 0 Å². The van der Waals surface area contributed by atoms with Crippen molar-refractivity contribution in [3.8, 4) is 11.5 Å². The van der Waals surface area contributed by atoms with E-state index in [1.54, 1.807) is 48.5 Å². The number of ether oxygens (including phenoxy) is 1. The van der Waals surface area contributed by atoms with Crippen LogP contribution in [0.2, 0.25) is 0 Å². The monoisotopic (exact) mass is 254 g/mol. The van der Waals surface area contributed by atoms with E-state index in [0.29, 0.717) is 22.9 Å². The molecule has 4 nitrogen and oxygen atoms in total. The summed E-state index contributed by atoms with van der Waals surface area (Å²) in [6.45, 7) is 3.39. The predicted octanol–water partition coefficient (Wildman–Crippen LogP) is 3.19. The highest BCUT2D eigenvalue weighted by molar-refractivity contribution is 5.98. The van der Waals surface area contributed by atoms with Crippen molar-refractivity contribution in [2.24, 2.45) is 0 Å². The number of hydrogen-bond acceptors (Lipinski definition) is 3. The molecule has 4 heteroatoms. The Bertz CT molecular complexity index is 574. The summed E-state index contributed by atoms with van der Waals surface area (Å²) in [5.74, 6) is 1.14. The minimum Gasteiger partial charge on any atom is -0.457 e. The van der Waals surface area contributed by atoms with Gasteiger partial charge in [-0.15, -0.1) is 0 Å². The summed E-state index contributed by atoms with van der Waals surface area (Å²) >= 11 is 0. The zero-order chi connectivity index (χ0) is 13.7. The van der Waals surface area contributed by atoms with Crippen molar-refractivity contribution in [3.05, 3.63) is 61.2 Å². The second kappa shape index (κ2) is 5.73. The van der Waals surface area contributed by atoms with Gasteiger partial charge in [0.25, 0.3) is 0 Å². The molecule has 2 rings (SSSR count). The molecule has 0 bridgehead atoms. The fraction of sp³-hybridized carbons (Fsp3) is 0. The number of amides is 1. The van der Waals surface area contributed by atoms with E-state index in [0.717, 1.165) is 0 Å². The standard InChI is InChI=1S/C15H14N2O2/c1-2-15(18)17-12-5-9-14(10-6-12)19-13-7-3-11(16)4-8-13/h2-10H,1,16H2,(H,17,18). The number of nitrogens with one attached hydrogen (secondary N) is 1. The molecule has 0 aliphatic rings. The molecule has 2 aromatic carbocycles. The number of carbonyl (C=O) groups is 1. The third-order valence-corrected chi connectivity index (χ3v) is 2.42. The largest absolute Gasteiger partial charge is 0.457 e. The molecule has 3 N–H and O–H groups in total. The molecular weight excluding hydrogens is 240 g/mol. The van der Waals surface area contributed by atoms with Gasteiger partial charge in [-0.2, -0.15) is 0 Å². The quantitative estimate of drug-likeness (QED) is 0.650. The van der Waals surface area contributed by atoms with Gasteiger partial charge < -0.3 is 15.8 Å². The molecule has 0 aliphatic heterocycles. The fourth-order valence-electron chi connectivity index (χ4n) is 1.47. The number of benzene rings is 2. The van der Waals surface area contributed by atoms with Crippen LogP contribution < -0.4 is 15.8 Å². The Morgan fingerprint density at radius 1 is 1.05 bits per heavy atom. The van der Waals surface area contributed by atoms with Gasteiger partial charge in [0.2, 0.25) is 5.91 Å². The summed E-state index contributed by atoms with van der Waals surface area (Å²) in [5, 5.41) is 2.66. The van der Waals surface area contributed by atoms with Crippen LogP contribution in [-0.4, -0.2) is 5.91 Å². The maximum Gasteiger partial charge on any atom is 0.247 e. The maximum atomic E-state index is 11.1. The summed E-state index contributed by atoms with van der Waals surface area (Å²) in [6.07, 6.45) is 1.22. The molecular formula is C15H14N2O2. The second-order valence-electron chi connectivity index (χ2n) is 3.89. The Balaban J connectivity index is 2.04. The van der Waals surface area contributed by atoms with Gasteiger partial charge >= 0.3 is 0 Å². The Morgan fingerprint density at radius 3 is 2.11 bits per heavy atom. The second-order valence-corrected chi connectivity index (χ2v) is 3.89. The molecule has 0 saturated heterocycles. The first-order valence-electron chi connectivity index (χ1n) is 5.74. The number of rotatable bonds is 4. The average Bonchev–Trinajstić information content (AvgIpc) is 2.43. The van der Waals surface area contributed by atoms with Crippen molar-refractivity contribution in [3.63, 3.8) is 0 Å². The summed E-state index contributed by atoms with van der Waals surface area (Å²) < 4.78 is 5.63. The van der Waals surface area contributed by atoms with Crippen LogP contribution in [-0.2, 0) is 4.79 Å². The molecule has 0 aromatic heterocycles. The number of nitrogen functional groups attached to an aromatic ring is 1. The van der Waals surface area contributed by atoms with Gasteiger partial charge in [0, 0.05) is 11.4 Å². The zero-order valence-electron chi connectivity index (χ0n) is 10.3. The average molecular weight is 254 g/mol. The normalized spacial score (nSPS) is 9.68. The van der Waals surface area contributed by atoms with Crippen LogP contribution in [0.25, 0.3) is 0 Å². The third kappa shape index (κ3) is 3.61. The SMILES string of the molecule is C=CC(=O)Nc1ccc(Oc2ccc(N)cc2)cc1. The highest BCUT2D eigenvalue weighted by Crippen LogP contribution is 2.23. The molecule has 0 fully saturated rings. The number of nitrogens with two attached hydrogens (primary N) is 1. The van der Waals surface area contributed by atoms with Crippen LogP contribution in [0.1, 0.15) is 0 Å². The van der Waals surface area contributed by atoms with Gasteiger partial charge in [-0.05, 0) is 54.6 Å². The lowest BCUT2D eigenvalue weighted by molar-refractivity contribution is -0.111. The number of anilines is 2. The number of hydrogen-bond donors (Lipinski definition) is 2. The summed E-state index contributed by atoms with van der Waals surface area (Å²) in [5.41, 5.74) is 6.97. The molecule has 0 spiro atoms. The van der Waals surface area contributed by atoms with E-state index in [-0.39, 0.29) is 5.91 Å². The highest BCUT2D eigenvalue weighted by atomic mass is 16.5. The lowest BCUT2D eigenvalue weighted by atomic mass is 10.3. The topological polar surface area (TPSA) is 64.3 Å². The fourth-order valence-corrected chi connectivity index (χ4v) is 1.47. The Morgan fingerprint density at radius 2 is 1.58 bits per heavy atom. The van der Waals surface area contributed by atoms with Crippen LogP contribution in [0.3, 0.4) is 0 Å². The first kappa shape index (κ1) is 12.7.